The molecule has 0 radical (unpaired) electrons. The van der Waals surface area contributed by atoms with Gasteiger partial charge in [-0.3, -0.25) is 34.2 Å². The Labute approximate surface area is 299 Å². The van der Waals surface area contributed by atoms with Crippen molar-refractivity contribution >= 4 is 41.6 Å². The number of carbonyl (C=O) groups excluding carboxylic acids is 5. The maximum absolute atomic E-state index is 13.2. The highest BCUT2D eigenvalue weighted by Gasteiger charge is 2.53. The lowest BCUT2D eigenvalue weighted by molar-refractivity contribution is -0.385. The second-order valence-corrected chi connectivity index (χ2v) is 11.8. The molecule has 3 amide bonds. The third-order valence-electron chi connectivity index (χ3n) is 8.55. The van der Waals surface area contributed by atoms with Gasteiger partial charge in [-0.15, -0.1) is 0 Å². The number of hydrazone groups is 1. The fraction of sp³-hybridized carbons (Fsp3) is 0.135. The molecule has 0 fully saturated rings. The Morgan fingerprint density at radius 1 is 0.925 bits per heavy atom. The first-order chi connectivity index (χ1) is 25.5. The maximum atomic E-state index is 13.2. The number of hydrogen-bond acceptors (Lipinski definition) is 13. The number of para-hydroxylation sites is 1. The zero-order valence-electron chi connectivity index (χ0n) is 27.4. The fourth-order valence-electron chi connectivity index (χ4n) is 6.13. The van der Waals surface area contributed by atoms with E-state index in [4.69, 9.17) is 18.9 Å². The van der Waals surface area contributed by atoms with Gasteiger partial charge in [-0.1, -0.05) is 30.3 Å². The summed E-state index contributed by atoms with van der Waals surface area (Å²) in [6.07, 6.45) is 3.15. The summed E-state index contributed by atoms with van der Waals surface area (Å²) in [4.78, 5) is 74.5. The van der Waals surface area contributed by atoms with Crippen molar-refractivity contribution < 1.29 is 52.9 Å². The number of aromatic hydroxyl groups is 1. The van der Waals surface area contributed by atoms with Crippen LogP contribution in [0.4, 0.5) is 5.69 Å². The molecule has 0 unspecified atom stereocenters. The van der Waals surface area contributed by atoms with E-state index >= 15 is 0 Å². The number of nitro benzene ring substituents is 1. The van der Waals surface area contributed by atoms with Crippen molar-refractivity contribution in [1.82, 2.24) is 9.91 Å². The molecule has 0 saturated carbocycles. The van der Waals surface area contributed by atoms with Gasteiger partial charge in [-0.05, 0) is 36.4 Å². The smallest absolute Gasteiger partial charge is 0.340 e. The molecule has 3 aliphatic rings. The van der Waals surface area contributed by atoms with Crippen LogP contribution in [-0.2, 0) is 40.9 Å². The van der Waals surface area contributed by atoms with Crippen LogP contribution in [0.1, 0.15) is 32.6 Å². The molecule has 0 aromatic heterocycles. The van der Waals surface area contributed by atoms with Crippen molar-refractivity contribution in [2.24, 2.45) is 5.10 Å². The van der Waals surface area contributed by atoms with E-state index in [1.54, 1.807) is 48.5 Å². The minimum absolute atomic E-state index is 0.0670. The number of imide groups is 1. The number of amides is 3. The Bertz CT molecular complexity index is 2270. The maximum Gasteiger partial charge on any atom is 0.340 e. The van der Waals surface area contributed by atoms with Crippen molar-refractivity contribution in [2.45, 2.75) is 12.2 Å². The zero-order chi connectivity index (χ0) is 37.3. The van der Waals surface area contributed by atoms with E-state index < -0.39 is 59.9 Å². The number of fused-ring (bicyclic) bond motifs is 6. The number of nitrogens with zero attached hydrogens (tertiary/aromatic N) is 4. The number of ether oxygens (including phenoxy) is 4. The normalized spacial score (nSPS) is 16.5. The molecule has 1 spiro atoms. The van der Waals surface area contributed by atoms with Gasteiger partial charge in [0, 0.05) is 47.0 Å². The molecule has 1 atom stereocenters. The number of nitro groups is 1. The number of esters is 2. The molecule has 3 heterocycles. The summed E-state index contributed by atoms with van der Waals surface area (Å²) in [5.41, 5.74) is 0.498. The number of hydrogen-bond donors (Lipinski definition) is 1. The first-order valence-corrected chi connectivity index (χ1v) is 15.9. The minimum atomic E-state index is -1.36. The molecule has 7 rings (SSSR count). The van der Waals surface area contributed by atoms with E-state index in [1.165, 1.54) is 36.4 Å². The van der Waals surface area contributed by atoms with E-state index in [1.807, 2.05) is 0 Å². The van der Waals surface area contributed by atoms with Gasteiger partial charge < -0.3 is 24.1 Å². The highest BCUT2D eigenvalue weighted by atomic mass is 16.6. The third-order valence-corrected chi connectivity index (χ3v) is 8.55. The predicted molar refractivity (Wildman–Crippen MR) is 181 cm³/mol. The van der Waals surface area contributed by atoms with Crippen molar-refractivity contribution in [3.05, 3.63) is 135 Å². The van der Waals surface area contributed by atoms with Crippen LogP contribution in [-0.4, -0.2) is 75.5 Å². The van der Waals surface area contributed by atoms with Gasteiger partial charge in [0.25, 0.3) is 23.4 Å². The van der Waals surface area contributed by atoms with E-state index in [0.717, 1.165) is 18.4 Å². The van der Waals surface area contributed by atoms with Crippen LogP contribution in [0, 0.1) is 10.1 Å². The lowest BCUT2D eigenvalue weighted by Gasteiger charge is -2.36. The molecule has 266 valence electrons. The summed E-state index contributed by atoms with van der Waals surface area (Å²) < 4.78 is 23.2. The molecule has 16 nitrogen and oxygen atoms in total. The van der Waals surface area contributed by atoms with Crippen LogP contribution < -0.4 is 9.47 Å². The van der Waals surface area contributed by atoms with Gasteiger partial charge in [0.1, 0.15) is 49.3 Å². The summed E-state index contributed by atoms with van der Waals surface area (Å²) in [6, 6.07) is 22.0. The molecule has 4 aromatic rings. The van der Waals surface area contributed by atoms with Gasteiger partial charge in [0.15, 0.2) is 5.60 Å². The van der Waals surface area contributed by atoms with Crippen molar-refractivity contribution in [3.63, 3.8) is 0 Å². The average molecular weight is 719 g/mol. The van der Waals surface area contributed by atoms with Crippen LogP contribution in [0.5, 0.6) is 23.0 Å². The monoisotopic (exact) mass is 718 g/mol. The Hall–Kier alpha value is -7.36. The molecule has 0 aliphatic carbocycles. The zero-order valence-corrected chi connectivity index (χ0v) is 27.4. The Morgan fingerprint density at radius 2 is 1.62 bits per heavy atom. The Balaban J connectivity index is 1.09. The van der Waals surface area contributed by atoms with E-state index in [9.17, 15) is 39.2 Å². The lowest BCUT2D eigenvalue weighted by atomic mass is 9.77. The van der Waals surface area contributed by atoms with E-state index in [2.05, 4.69) is 5.10 Å². The average Bonchev–Trinajstić information content (AvgIpc) is 3.62. The molecule has 3 aliphatic heterocycles. The summed E-state index contributed by atoms with van der Waals surface area (Å²) in [6.45, 7) is -2.21. The SMILES string of the molecule is O=C(CN(/N=C\COc1ccc2c(c1)Oc1cc(O)ccc1[C@@]21OC(=O)c2ccccc21)C(=O)CN1C(=O)C=CC1=O)OCc1ccccc1[N+](=O)[O-]. The summed E-state index contributed by atoms with van der Waals surface area (Å²) in [7, 11) is 0. The molecule has 16 heteroatoms. The van der Waals surface area contributed by atoms with E-state index in [0.29, 0.717) is 32.2 Å². The van der Waals surface area contributed by atoms with Crippen molar-refractivity contribution in [2.75, 3.05) is 19.7 Å². The van der Waals surface area contributed by atoms with Gasteiger partial charge >= 0.3 is 11.9 Å². The number of carbonyl (C=O) groups is 5. The van der Waals surface area contributed by atoms with E-state index in [-0.39, 0.29) is 40.9 Å². The van der Waals surface area contributed by atoms with Crippen molar-refractivity contribution in [1.29, 1.82) is 0 Å². The number of phenolic OH excluding ortho intramolecular Hbond substituents is 1. The molecule has 1 N–H and O–H groups in total. The summed E-state index contributed by atoms with van der Waals surface area (Å²) >= 11 is 0. The van der Waals surface area contributed by atoms with Crippen LogP contribution in [0.15, 0.2) is 102 Å². The fourth-order valence-corrected chi connectivity index (χ4v) is 6.13. The van der Waals surface area contributed by atoms with Crippen LogP contribution in [0.25, 0.3) is 0 Å². The minimum Gasteiger partial charge on any atom is -0.508 e. The molecular weight excluding hydrogens is 692 g/mol. The standard InChI is InChI=1S/C37H26N4O12/c42-23-9-11-27-30(17-23)52-31-18-24(10-12-28(31)37(27)26-7-3-2-6-25(26)36(47)53-37)50-16-15-38-40(34(45)19-39-32(43)13-14-33(39)44)20-35(46)51-21-22-5-1-4-8-29(22)41(48)49/h1-15,17-18,42H,16,19-21H2/b38-15-/t37-/m1/s1. The van der Waals surface area contributed by atoms with Crippen LogP contribution in [0.2, 0.25) is 0 Å². The summed E-state index contributed by atoms with van der Waals surface area (Å²) in [5.74, 6) is -3.12. The quantitative estimate of drug-likeness (QED) is 0.0775. The second-order valence-electron chi connectivity index (χ2n) is 11.8. The molecule has 53 heavy (non-hydrogen) atoms. The summed E-state index contributed by atoms with van der Waals surface area (Å²) in [5, 5.41) is 26.3. The number of phenols is 1. The highest BCUT2D eigenvalue weighted by Crippen LogP contribution is 2.56. The van der Waals surface area contributed by atoms with Crippen molar-refractivity contribution in [3.8, 4) is 23.0 Å². The van der Waals surface area contributed by atoms with Crippen LogP contribution >= 0.6 is 0 Å². The lowest BCUT2D eigenvalue weighted by Crippen LogP contribution is -2.42. The topological polar surface area (TPSA) is 204 Å². The third kappa shape index (κ3) is 6.40. The number of benzene rings is 4. The highest BCUT2D eigenvalue weighted by molar-refractivity contribution is 6.14. The van der Waals surface area contributed by atoms with Gasteiger partial charge in [0.2, 0.25) is 0 Å². The Kier molecular flexibility index (Phi) is 8.85. The largest absolute Gasteiger partial charge is 0.508 e. The predicted octanol–water partition coefficient (Wildman–Crippen LogP) is 3.73. The molecule has 0 bridgehead atoms. The molecule has 0 saturated heterocycles. The molecular formula is C37H26N4O12. The Morgan fingerprint density at radius 3 is 2.40 bits per heavy atom. The first kappa shape index (κ1) is 34.1. The number of rotatable bonds is 11. The van der Waals surface area contributed by atoms with Crippen LogP contribution in [0.3, 0.4) is 0 Å². The van der Waals surface area contributed by atoms with Gasteiger partial charge in [0.05, 0.1) is 22.3 Å². The molecule has 4 aromatic carbocycles. The van der Waals surface area contributed by atoms with Gasteiger partial charge in [-0.25, -0.2) is 9.80 Å². The van der Waals surface area contributed by atoms with Gasteiger partial charge in [-0.2, -0.15) is 5.10 Å². The second kappa shape index (κ2) is 13.7. The first-order valence-electron chi connectivity index (χ1n) is 15.9.